The van der Waals surface area contributed by atoms with Gasteiger partial charge in [0.05, 0.1) is 6.61 Å². The van der Waals surface area contributed by atoms with Crippen molar-refractivity contribution in [3.8, 4) is 0 Å². The molecule has 2 aliphatic heterocycles. The topological polar surface area (TPSA) is 24.5 Å². The summed E-state index contributed by atoms with van der Waals surface area (Å²) in [5.74, 6) is 0.735. The molecule has 2 heterocycles. The molecule has 2 saturated heterocycles. The van der Waals surface area contributed by atoms with E-state index in [1.54, 1.807) is 0 Å². The second-order valence-corrected chi connectivity index (χ2v) is 7.69. The van der Waals surface area contributed by atoms with Crippen molar-refractivity contribution >= 4 is 0 Å². The van der Waals surface area contributed by atoms with E-state index in [0.29, 0.717) is 6.04 Å². The van der Waals surface area contributed by atoms with Gasteiger partial charge in [-0.05, 0) is 63.6 Å². The molecule has 0 aromatic carbocycles. The molecule has 0 aromatic rings. The summed E-state index contributed by atoms with van der Waals surface area (Å²) in [5.41, 5.74) is 0.749. The molecule has 2 unspecified atom stereocenters. The molecule has 0 amide bonds. The molecular weight excluding hydrogens is 260 g/mol. The normalized spacial score (nSPS) is 31.0. The summed E-state index contributed by atoms with van der Waals surface area (Å²) in [4.78, 5) is 2.73. The minimum atomic E-state index is 0.644. The fourth-order valence-corrected chi connectivity index (χ4v) is 4.69. The van der Waals surface area contributed by atoms with Gasteiger partial charge in [0.2, 0.25) is 0 Å². The Kier molecular flexibility index (Phi) is 5.58. The first-order valence-corrected chi connectivity index (χ1v) is 9.35. The molecule has 0 aromatic heterocycles. The van der Waals surface area contributed by atoms with Crippen LogP contribution in [-0.2, 0) is 4.74 Å². The third-order valence-electron chi connectivity index (χ3n) is 6.23. The molecule has 3 nitrogen and oxygen atoms in total. The molecule has 1 saturated carbocycles. The van der Waals surface area contributed by atoms with Gasteiger partial charge in [-0.15, -0.1) is 0 Å². The third kappa shape index (κ3) is 4.00. The van der Waals surface area contributed by atoms with Crippen LogP contribution in [0.4, 0.5) is 0 Å². The van der Waals surface area contributed by atoms with Crippen LogP contribution in [-0.4, -0.2) is 50.3 Å². The summed E-state index contributed by atoms with van der Waals surface area (Å²) < 4.78 is 5.62. The number of nitrogens with one attached hydrogen (secondary N) is 1. The van der Waals surface area contributed by atoms with Gasteiger partial charge in [-0.1, -0.05) is 19.8 Å². The summed E-state index contributed by atoms with van der Waals surface area (Å²) in [6, 6.07) is 0.644. The number of hydrogen-bond donors (Lipinski definition) is 1. The summed E-state index contributed by atoms with van der Waals surface area (Å²) in [5, 5.41) is 3.80. The maximum atomic E-state index is 5.62. The molecule has 3 heteroatoms. The van der Waals surface area contributed by atoms with Gasteiger partial charge in [-0.2, -0.15) is 0 Å². The fourth-order valence-electron chi connectivity index (χ4n) is 4.69. The first kappa shape index (κ1) is 15.8. The summed E-state index contributed by atoms with van der Waals surface area (Å²) in [6.45, 7) is 9.26. The Morgan fingerprint density at radius 2 is 1.95 bits per heavy atom. The van der Waals surface area contributed by atoms with E-state index >= 15 is 0 Å². The quantitative estimate of drug-likeness (QED) is 0.815. The highest BCUT2D eigenvalue weighted by atomic mass is 16.5. The Morgan fingerprint density at radius 3 is 2.57 bits per heavy atom. The fraction of sp³-hybridized carbons (Fsp3) is 1.00. The number of ether oxygens (including phenoxy) is 1. The highest BCUT2D eigenvalue weighted by Gasteiger charge is 2.37. The van der Waals surface area contributed by atoms with Crippen molar-refractivity contribution in [1.82, 2.24) is 10.2 Å². The molecule has 21 heavy (non-hydrogen) atoms. The average Bonchev–Trinajstić information content (AvgIpc) is 3.18. The molecule has 1 N–H and O–H groups in total. The van der Waals surface area contributed by atoms with Gasteiger partial charge in [0.15, 0.2) is 0 Å². The van der Waals surface area contributed by atoms with Gasteiger partial charge in [0.25, 0.3) is 0 Å². The van der Waals surface area contributed by atoms with Crippen molar-refractivity contribution in [2.24, 2.45) is 11.3 Å². The van der Waals surface area contributed by atoms with Crippen LogP contribution in [0.15, 0.2) is 0 Å². The number of rotatable bonds is 6. The zero-order valence-electron chi connectivity index (χ0n) is 13.9. The van der Waals surface area contributed by atoms with E-state index in [-0.39, 0.29) is 0 Å². The van der Waals surface area contributed by atoms with Crippen LogP contribution in [0, 0.1) is 11.3 Å². The lowest BCUT2D eigenvalue weighted by Gasteiger charge is -2.41. The molecule has 3 rings (SSSR count). The minimum Gasteiger partial charge on any atom is -0.381 e. The van der Waals surface area contributed by atoms with Crippen LogP contribution in [0.25, 0.3) is 0 Å². The second-order valence-electron chi connectivity index (χ2n) is 7.69. The van der Waals surface area contributed by atoms with E-state index in [4.69, 9.17) is 4.74 Å². The van der Waals surface area contributed by atoms with Gasteiger partial charge >= 0.3 is 0 Å². The Morgan fingerprint density at radius 1 is 1.19 bits per heavy atom. The van der Waals surface area contributed by atoms with Crippen LogP contribution in [0.2, 0.25) is 0 Å². The maximum absolute atomic E-state index is 5.62. The van der Waals surface area contributed by atoms with Crippen molar-refractivity contribution in [2.75, 3.05) is 39.4 Å². The summed E-state index contributed by atoms with van der Waals surface area (Å²) >= 11 is 0. The van der Waals surface area contributed by atoms with Crippen LogP contribution >= 0.6 is 0 Å². The molecule has 3 aliphatic rings. The largest absolute Gasteiger partial charge is 0.381 e. The van der Waals surface area contributed by atoms with Gasteiger partial charge in [-0.3, -0.25) is 0 Å². The van der Waals surface area contributed by atoms with Crippen molar-refractivity contribution in [1.29, 1.82) is 0 Å². The zero-order valence-corrected chi connectivity index (χ0v) is 13.9. The minimum absolute atomic E-state index is 0.644. The number of nitrogens with zero attached hydrogens (tertiary/aromatic N) is 1. The standard InChI is InChI=1S/C18H34N2O/c1-2-10-19-17(16-5-13-21-15-16)14-20-11-8-18(9-12-20)6-3-4-7-18/h16-17,19H,2-15H2,1H3. The predicted octanol–water partition coefficient (Wildman–Crippen LogP) is 3.05. The Hall–Kier alpha value is -0.120. The van der Waals surface area contributed by atoms with E-state index in [0.717, 1.165) is 31.1 Å². The average molecular weight is 294 g/mol. The third-order valence-corrected chi connectivity index (χ3v) is 6.23. The number of piperidine rings is 1. The lowest BCUT2D eigenvalue weighted by molar-refractivity contribution is 0.0902. The highest BCUT2D eigenvalue weighted by molar-refractivity contribution is 4.91. The van der Waals surface area contributed by atoms with E-state index in [9.17, 15) is 0 Å². The van der Waals surface area contributed by atoms with Crippen molar-refractivity contribution in [3.05, 3.63) is 0 Å². The van der Waals surface area contributed by atoms with E-state index in [2.05, 4.69) is 17.1 Å². The summed E-state index contributed by atoms with van der Waals surface area (Å²) in [6.07, 6.45) is 11.4. The molecule has 122 valence electrons. The Labute approximate surface area is 130 Å². The van der Waals surface area contributed by atoms with Crippen molar-refractivity contribution in [2.45, 2.75) is 64.3 Å². The van der Waals surface area contributed by atoms with E-state index in [1.165, 1.54) is 71.0 Å². The molecule has 0 bridgehead atoms. The van der Waals surface area contributed by atoms with Crippen LogP contribution in [0.3, 0.4) is 0 Å². The van der Waals surface area contributed by atoms with Gasteiger partial charge in [0, 0.05) is 25.1 Å². The number of likely N-dealkylation sites (tertiary alicyclic amines) is 1. The second kappa shape index (κ2) is 7.43. The maximum Gasteiger partial charge on any atom is 0.0510 e. The summed E-state index contributed by atoms with van der Waals surface area (Å²) in [7, 11) is 0. The number of hydrogen-bond acceptors (Lipinski definition) is 3. The smallest absolute Gasteiger partial charge is 0.0510 e. The molecule has 2 atom stereocenters. The molecule has 1 spiro atoms. The molecule has 3 fully saturated rings. The first-order chi connectivity index (χ1) is 10.3. The van der Waals surface area contributed by atoms with Gasteiger partial charge < -0.3 is 15.0 Å². The van der Waals surface area contributed by atoms with E-state index in [1.807, 2.05) is 0 Å². The van der Waals surface area contributed by atoms with Gasteiger partial charge in [0.1, 0.15) is 0 Å². The highest BCUT2D eigenvalue weighted by Crippen LogP contribution is 2.46. The van der Waals surface area contributed by atoms with E-state index < -0.39 is 0 Å². The Balaban J connectivity index is 1.48. The monoisotopic (exact) mass is 294 g/mol. The van der Waals surface area contributed by atoms with Gasteiger partial charge in [-0.25, -0.2) is 0 Å². The SMILES string of the molecule is CCCNC(CN1CCC2(CCCC2)CC1)C1CCOC1. The van der Waals surface area contributed by atoms with Crippen LogP contribution in [0.5, 0.6) is 0 Å². The first-order valence-electron chi connectivity index (χ1n) is 9.35. The van der Waals surface area contributed by atoms with Crippen molar-refractivity contribution in [3.63, 3.8) is 0 Å². The van der Waals surface area contributed by atoms with Crippen LogP contribution < -0.4 is 5.32 Å². The van der Waals surface area contributed by atoms with Crippen molar-refractivity contribution < 1.29 is 4.74 Å². The lowest BCUT2D eigenvalue weighted by atomic mass is 9.77. The lowest BCUT2D eigenvalue weighted by Crippen LogP contribution is -2.49. The molecular formula is C18H34N2O. The zero-order chi connectivity index (χ0) is 14.5. The molecule has 0 radical (unpaired) electrons. The Bertz CT molecular complexity index is 298. The predicted molar refractivity (Wildman–Crippen MR) is 87.6 cm³/mol. The van der Waals surface area contributed by atoms with Crippen LogP contribution in [0.1, 0.15) is 58.3 Å². The molecule has 1 aliphatic carbocycles.